The fourth-order valence-electron chi connectivity index (χ4n) is 0.833. The highest BCUT2D eigenvalue weighted by Gasteiger charge is 2.18. The van der Waals surface area contributed by atoms with Crippen LogP contribution in [-0.4, -0.2) is 23.5 Å². The van der Waals surface area contributed by atoms with Gasteiger partial charge in [0.2, 0.25) is 6.41 Å². The molecule has 1 atom stereocenters. The number of hydrogen-bond donors (Lipinski definition) is 2. The standard InChI is InChI=1S/C9H11NO3/c11-6-10-8(9(12)13)3-1-2-7-4-5-7/h6-8H,3-5H2,(H,10,11)(H,12,13). The Morgan fingerprint density at radius 3 is 2.85 bits per heavy atom. The molecule has 0 bridgehead atoms. The molecule has 1 rings (SSSR count). The molecule has 1 amide bonds. The van der Waals surface area contributed by atoms with E-state index in [2.05, 4.69) is 17.2 Å². The van der Waals surface area contributed by atoms with E-state index in [0.29, 0.717) is 12.3 Å². The van der Waals surface area contributed by atoms with Crippen molar-refractivity contribution in [2.45, 2.75) is 25.3 Å². The number of aliphatic carboxylic acids is 1. The number of rotatable bonds is 4. The van der Waals surface area contributed by atoms with Crippen LogP contribution in [0, 0.1) is 17.8 Å². The lowest BCUT2D eigenvalue weighted by atomic mass is 10.2. The molecule has 4 heteroatoms. The summed E-state index contributed by atoms with van der Waals surface area (Å²) >= 11 is 0. The summed E-state index contributed by atoms with van der Waals surface area (Å²) in [4.78, 5) is 20.5. The third-order valence-corrected chi connectivity index (χ3v) is 1.76. The van der Waals surface area contributed by atoms with Crippen LogP contribution >= 0.6 is 0 Å². The third-order valence-electron chi connectivity index (χ3n) is 1.76. The molecule has 0 radical (unpaired) electrons. The number of amides is 1. The molecule has 0 aromatic rings. The molecule has 0 spiro atoms. The maximum atomic E-state index is 10.5. The lowest BCUT2D eigenvalue weighted by molar-refractivity contribution is -0.140. The van der Waals surface area contributed by atoms with Crippen LogP contribution in [0.15, 0.2) is 0 Å². The van der Waals surface area contributed by atoms with Crippen LogP contribution in [0.4, 0.5) is 0 Å². The van der Waals surface area contributed by atoms with E-state index in [4.69, 9.17) is 5.11 Å². The van der Waals surface area contributed by atoms with Gasteiger partial charge in [-0.2, -0.15) is 0 Å². The Kier molecular flexibility index (Phi) is 3.32. The highest BCUT2D eigenvalue weighted by atomic mass is 16.4. The summed E-state index contributed by atoms with van der Waals surface area (Å²) in [5, 5.41) is 10.8. The molecule has 0 aromatic carbocycles. The van der Waals surface area contributed by atoms with Crippen LogP contribution in [0.5, 0.6) is 0 Å². The molecular formula is C9H11NO3. The van der Waals surface area contributed by atoms with E-state index in [0.717, 1.165) is 12.8 Å². The van der Waals surface area contributed by atoms with Gasteiger partial charge in [-0.25, -0.2) is 4.79 Å². The first-order valence-corrected chi connectivity index (χ1v) is 4.15. The molecule has 4 nitrogen and oxygen atoms in total. The van der Waals surface area contributed by atoms with E-state index in [1.807, 2.05) is 0 Å². The van der Waals surface area contributed by atoms with Crippen LogP contribution in [0.1, 0.15) is 19.3 Å². The molecule has 1 unspecified atom stereocenters. The predicted molar refractivity (Wildman–Crippen MR) is 45.7 cm³/mol. The van der Waals surface area contributed by atoms with Crippen molar-refractivity contribution in [1.82, 2.24) is 5.32 Å². The lowest BCUT2D eigenvalue weighted by Gasteiger charge is -2.05. The molecule has 13 heavy (non-hydrogen) atoms. The normalized spacial score (nSPS) is 16.6. The van der Waals surface area contributed by atoms with E-state index < -0.39 is 12.0 Å². The quantitative estimate of drug-likeness (QED) is 0.473. The van der Waals surface area contributed by atoms with Crippen LogP contribution in [-0.2, 0) is 9.59 Å². The molecule has 0 aromatic heterocycles. The minimum Gasteiger partial charge on any atom is -0.480 e. The van der Waals surface area contributed by atoms with E-state index in [1.54, 1.807) is 0 Å². The Hall–Kier alpha value is -1.50. The average Bonchev–Trinajstić information content (AvgIpc) is 2.86. The van der Waals surface area contributed by atoms with Crippen LogP contribution in [0.3, 0.4) is 0 Å². The number of carbonyl (C=O) groups is 2. The lowest BCUT2D eigenvalue weighted by Crippen LogP contribution is -2.35. The summed E-state index contributed by atoms with van der Waals surface area (Å²) in [6, 6.07) is -0.872. The van der Waals surface area contributed by atoms with Crippen molar-refractivity contribution < 1.29 is 14.7 Å². The van der Waals surface area contributed by atoms with Gasteiger partial charge in [0.25, 0.3) is 0 Å². The molecule has 0 saturated heterocycles. The summed E-state index contributed by atoms with van der Waals surface area (Å²) in [6.07, 6.45) is 2.81. The SMILES string of the molecule is O=CNC(CC#CC1CC1)C(=O)O. The number of nitrogens with one attached hydrogen (secondary N) is 1. The predicted octanol–water partition coefficient (Wildman–Crippen LogP) is -0.0109. The van der Waals surface area contributed by atoms with Gasteiger partial charge < -0.3 is 10.4 Å². The van der Waals surface area contributed by atoms with Gasteiger partial charge in [0, 0.05) is 12.3 Å². The van der Waals surface area contributed by atoms with Crippen molar-refractivity contribution in [3.63, 3.8) is 0 Å². The van der Waals surface area contributed by atoms with Crippen LogP contribution in [0.25, 0.3) is 0 Å². The van der Waals surface area contributed by atoms with Crippen LogP contribution in [0.2, 0.25) is 0 Å². The van der Waals surface area contributed by atoms with Gasteiger partial charge in [-0.05, 0) is 12.8 Å². The second kappa shape index (κ2) is 4.51. The van der Waals surface area contributed by atoms with E-state index >= 15 is 0 Å². The van der Waals surface area contributed by atoms with E-state index in [9.17, 15) is 9.59 Å². The van der Waals surface area contributed by atoms with Gasteiger partial charge in [0.15, 0.2) is 0 Å². The maximum absolute atomic E-state index is 10.5. The first-order chi connectivity index (χ1) is 6.24. The number of carboxylic acids is 1. The van der Waals surface area contributed by atoms with Gasteiger partial charge in [-0.1, -0.05) is 5.92 Å². The average molecular weight is 181 g/mol. The van der Waals surface area contributed by atoms with Crippen molar-refractivity contribution in [3.8, 4) is 11.8 Å². The van der Waals surface area contributed by atoms with Gasteiger partial charge in [0.1, 0.15) is 6.04 Å². The van der Waals surface area contributed by atoms with Crippen molar-refractivity contribution in [2.24, 2.45) is 5.92 Å². The molecular weight excluding hydrogens is 170 g/mol. The Morgan fingerprint density at radius 1 is 1.69 bits per heavy atom. The monoisotopic (exact) mass is 181 g/mol. The minimum absolute atomic E-state index is 0.185. The third kappa shape index (κ3) is 3.61. The number of carboxylic acid groups (broad SMARTS) is 1. The summed E-state index contributed by atoms with van der Waals surface area (Å²) in [7, 11) is 0. The van der Waals surface area contributed by atoms with Gasteiger partial charge in [-0.15, -0.1) is 5.92 Å². The highest BCUT2D eigenvalue weighted by Crippen LogP contribution is 2.27. The maximum Gasteiger partial charge on any atom is 0.327 e. The Bertz CT molecular complexity index is 260. The smallest absolute Gasteiger partial charge is 0.327 e. The second-order valence-corrected chi connectivity index (χ2v) is 2.97. The molecule has 1 aliphatic rings. The molecule has 2 N–H and O–H groups in total. The van der Waals surface area contributed by atoms with Crippen molar-refractivity contribution in [3.05, 3.63) is 0 Å². The van der Waals surface area contributed by atoms with E-state index in [-0.39, 0.29) is 6.42 Å². The molecule has 1 aliphatic carbocycles. The summed E-state index contributed by atoms with van der Waals surface area (Å²) in [6.45, 7) is 0. The fourth-order valence-corrected chi connectivity index (χ4v) is 0.833. The van der Waals surface area contributed by atoms with Gasteiger partial charge in [-0.3, -0.25) is 4.79 Å². The zero-order chi connectivity index (χ0) is 9.68. The largest absolute Gasteiger partial charge is 0.480 e. The number of carbonyl (C=O) groups excluding carboxylic acids is 1. The van der Waals surface area contributed by atoms with Crippen molar-refractivity contribution >= 4 is 12.4 Å². The summed E-state index contributed by atoms with van der Waals surface area (Å²) in [5.41, 5.74) is 0. The minimum atomic E-state index is -1.04. The Morgan fingerprint density at radius 2 is 2.38 bits per heavy atom. The highest BCUT2D eigenvalue weighted by molar-refractivity contribution is 5.76. The van der Waals surface area contributed by atoms with Crippen molar-refractivity contribution in [2.75, 3.05) is 0 Å². The first-order valence-electron chi connectivity index (χ1n) is 4.15. The molecule has 1 fully saturated rings. The summed E-state index contributed by atoms with van der Waals surface area (Å²) < 4.78 is 0. The fraction of sp³-hybridized carbons (Fsp3) is 0.556. The molecule has 0 aliphatic heterocycles. The first kappa shape index (κ1) is 9.59. The Labute approximate surface area is 76.3 Å². The summed E-state index contributed by atoms with van der Waals surface area (Å²) in [5.74, 6) is 5.11. The molecule has 70 valence electrons. The van der Waals surface area contributed by atoms with Crippen molar-refractivity contribution in [1.29, 1.82) is 0 Å². The number of hydrogen-bond acceptors (Lipinski definition) is 2. The zero-order valence-corrected chi connectivity index (χ0v) is 7.12. The zero-order valence-electron chi connectivity index (χ0n) is 7.12. The van der Waals surface area contributed by atoms with Gasteiger partial charge in [0.05, 0.1) is 0 Å². The second-order valence-electron chi connectivity index (χ2n) is 2.97. The van der Waals surface area contributed by atoms with Gasteiger partial charge >= 0.3 is 5.97 Å². The molecule has 0 heterocycles. The molecule has 1 saturated carbocycles. The van der Waals surface area contributed by atoms with E-state index in [1.165, 1.54) is 0 Å². The van der Waals surface area contributed by atoms with Crippen LogP contribution < -0.4 is 5.32 Å². The topological polar surface area (TPSA) is 66.4 Å². The Balaban J connectivity index is 2.33.